The first-order valence-electron chi connectivity index (χ1n) is 9.37. The second-order valence-corrected chi connectivity index (χ2v) is 6.79. The van der Waals surface area contributed by atoms with Gasteiger partial charge in [0.1, 0.15) is 17.5 Å². The number of pyridine rings is 1. The van der Waals surface area contributed by atoms with E-state index in [0.29, 0.717) is 5.56 Å². The van der Waals surface area contributed by atoms with E-state index >= 15 is 0 Å². The molecule has 1 saturated heterocycles. The van der Waals surface area contributed by atoms with Gasteiger partial charge < -0.3 is 14.7 Å². The van der Waals surface area contributed by atoms with Crippen molar-refractivity contribution >= 4 is 11.7 Å². The van der Waals surface area contributed by atoms with Crippen molar-refractivity contribution in [2.24, 2.45) is 0 Å². The quantitative estimate of drug-likeness (QED) is 0.709. The third kappa shape index (κ3) is 4.39. The number of carbonyl (C=O) groups excluding carboxylic acids is 1. The lowest BCUT2D eigenvalue weighted by atomic mass is 10.1. The van der Waals surface area contributed by atoms with Crippen molar-refractivity contribution in [1.29, 1.82) is 0 Å². The van der Waals surface area contributed by atoms with Gasteiger partial charge in [-0.3, -0.25) is 4.79 Å². The van der Waals surface area contributed by atoms with E-state index in [2.05, 4.69) is 25.3 Å². The number of rotatable bonds is 5. The molecule has 1 fully saturated rings. The predicted molar refractivity (Wildman–Crippen MR) is 101 cm³/mol. The molecule has 0 unspecified atom stereocenters. The Balaban J connectivity index is 1.44. The van der Waals surface area contributed by atoms with Crippen LogP contribution in [0.25, 0.3) is 11.4 Å². The maximum absolute atomic E-state index is 13.7. The fourth-order valence-electron chi connectivity index (χ4n) is 3.20. The monoisotopic (exact) mass is 399 g/mol. The van der Waals surface area contributed by atoms with E-state index in [1.807, 2.05) is 6.07 Å². The van der Waals surface area contributed by atoms with Crippen LogP contribution >= 0.6 is 0 Å². The summed E-state index contributed by atoms with van der Waals surface area (Å²) in [4.78, 5) is 23.0. The number of hydrogen-bond donors (Lipinski definition) is 1. The molecule has 0 spiro atoms. The van der Waals surface area contributed by atoms with E-state index in [1.54, 1.807) is 12.3 Å². The van der Waals surface area contributed by atoms with Gasteiger partial charge in [0.05, 0.1) is 0 Å². The first kappa shape index (κ1) is 19.0. The molecule has 4 rings (SSSR count). The van der Waals surface area contributed by atoms with Crippen molar-refractivity contribution < 1.29 is 18.1 Å². The van der Waals surface area contributed by atoms with Gasteiger partial charge in [-0.2, -0.15) is 4.98 Å². The van der Waals surface area contributed by atoms with Gasteiger partial charge in [0.2, 0.25) is 5.82 Å². The topological polar surface area (TPSA) is 84.2 Å². The molecule has 29 heavy (non-hydrogen) atoms. The van der Waals surface area contributed by atoms with Gasteiger partial charge in [-0.05, 0) is 37.5 Å². The highest BCUT2D eigenvalue weighted by Gasteiger charge is 2.18. The minimum Gasteiger partial charge on any atom is -0.357 e. The molecule has 0 aliphatic carbocycles. The molecule has 0 atom stereocenters. The van der Waals surface area contributed by atoms with Gasteiger partial charge in [0.15, 0.2) is 0 Å². The highest BCUT2D eigenvalue weighted by molar-refractivity contribution is 5.89. The van der Waals surface area contributed by atoms with Gasteiger partial charge in [-0.15, -0.1) is 0 Å². The highest BCUT2D eigenvalue weighted by atomic mass is 19.1. The van der Waals surface area contributed by atoms with E-state index in [0.717, 1.165) is 43.9 Å². The predicted octanol–water partition coefficient (Wildman–Crippen LogP) is 3.33. The fraction of sp³-hybridized carbons (Fsp3) is 0.300. The number of piperidine rings is 1. The number of halogens is 2. The van der Waals surface area contributed by atoms with Crippen LogP contribution in [0.3, 0.4) is 0 Å². The van der Waals surface area contributed by atoms with Crippen molar-refractivity contribution in [2.75, 3.05) is 18.0 Å². The number of benzene rings is 1. The van der Waals surface area contributed by atoms with Crippen LogP contribution in [0.2, 0.25) is 0 Å². The third-order valence-electron chi connectivity index (χ3n) is 4.76. The lowest BCUT2D eigenvalue weighted by Crippen LogP contribution is -2.30. The zero-order valence-corrected chi connectivity index (χ0v) is 15.6. The minimum absolute atomic E-state index is 0.128. The fourth-order valence-corrected chi connectivity index (χ4v) is 3.20. The van der Waals surface area contributed by atoms with Crippen LogP contribution in [0.4, 0.5) is 14.6 Å². The van der Waals surface area contributed by atoms with Gasteiger partial charge in [-0.25, -0.2) is 13.8 Å². The average Bonchev–Trinajstić information content (AvgIpc) is 3.24. The summed E-state index contributed by atoms with van der Waals surface area (Å²) in [6.07, 6.45) is 5.16. The van der Waals surface area contributed by atoms with Crippen LogP contribution in [0.15, 0.2) is 41.1 Å². The van der Waals surface area contributed by atoms with Gasteiger partial charge >= 0.3 is 11.8 Å². The van der Waals surface area contributed by atoms with E-state index < -0.39 is 17.5 Å². The number of amides is 1. The van der Waals surface area contributed by atoms with Crippen molar-refractivity contribution in [3.63, 3.8) is 0 Å². The highest BCUT2D eigenvalue weighted by Crippen LogP contribution is 2.23. The molecule has 150 valence electrons. The normalized spacial score (nSPS) is 14.1. The molecule has 0 radical (unpaired) electrons. The molecule has 1 aliphatic rings. The number of hydrogen-bond acceptors (Lipinski definition) is 6. The van der Waals surface area contributed by atoms with E-state index in [1.165, 1.54) is 12.5 Å². The van der Waals surface area contributed by atoms with E-state index in [-0.39, 0.29) is 23.8 Å². The summed E-state index contributed by atoms with van der Waals surface area (Å²) in [6.45, 7) is 1.78. The average molecular weight is 399 g/mol. The first-order valence-corrected chi connectivity index (χ1v) is 9.37. The van der Waals surface area contributed by atoms with Crippen molar-refractivity contribution in [3.05, 3.63) is 59.6 Å². The number of anilines is 1. The van der Waals surface area contributed by atoms with Crippen molar-refractivity contribution in [2.45, 2.75) is 25.8 Å². The summed E-state index contributed by atoms with van der Waals surface area (Å²) in [5, 5.41) is 6.35. The molecule has 0 bridgehead atoms. The molecule has 1 N–H and O–H groups in total. The van der Waals surface area contributed by atoms with Gasteiger partial charge in [0, 0.05) is 43.0 Å². The summed E-state index contributed by atoms with van der Waals surface area (Å²) in [7, 11) is 0. The van der Waals surface area contributed by atoms with Crippen LogP contribution in [0.1, 0.15) is 35.5 Å². The second-order valence-electron chi connectivity index (χ2n) is 6.79. The molecular weight excluding hydrogens is 380 g/mol. The lowest BCUT2D eigenvalue weighted by molar-refractivity contribution is 0.0906. The van der Waals surface area contributed by atoms with E-state index in [4.69, 9.17) is 4.52 Å². The minimum atomic E-state index is -0.737. The standard InChI is InChI=1S/C20H19F2N5O2/c21-15-5-4-14(16(22)11-15)12-24-19(28)20-25-18(26-29-20)13-6-7-23-17(10-13)27-8-2-1-3-9-27/h4-7,10-11H,1-3,8-9,12H2,(H,24,28). The molecule has 0 saturated carbocycles. The van der Waals surface area contributed by atoms with Gasteiger partial charge in [0.25, 0.3) is 0 Å². The Morgan fingerprint density at radius 1 is 1.14 bits per heavy atom. The summed E-state index contributed by atoms with van der Waals surface area (Å²) in [5.41, 5.74) is 0.841. The molecule has 1 aliphatic heterocycles. The molecule has 9 heteroatoms. The number of carbonyl (C=O) groups is 1. The van der Waals surface area contributed by atoms with Crippen molar-refractivity contribution in [3.8, 4) is 11.4 Å². The Hall–Kier alpha value is -3.36. The Morgan fingerprint density at radius 3 is 2.76 bits per heavy atom. The number of nitrogens with one attached hydrogen (secondary N) is 1. The maximum atomic E-state index is 13.7. The van der Waals surface area contributed by atoms with Crippen LogP contribution < -0.4 is 10.2 Å². The smallest absolute Gasteiger partial charge is 0.316 e. The molecule has 1 aromatic carbocycles. The summed E-state index contributed by atoms with van der Waals surface area (Å²) >= 11 is 0. The zero-order valence-electron chi connectivity index (χ0n) is 15.6. The SMILES string of the molecule is O=C(NCc1ccc(F)cc1F)c1nc(-c2ccnc(N3CCCCC3)c2)no1. The molecule has 2 aromatic heterocycles. The largest absolute Gasteiger partial charge is 0.357 e. The molecule has 3 aromatic rings. The summed E-state index contributed by atoms with van der Waals surface area (Å²) in [5.74, 6) is -1.19. The molecule has 7 nitrogen and oxygen atoms in total. The van der Waals surface area contributed by atoms with Crippen molar-refractivity contribution in [1.82, 2.24) is 20.4 Å². The first-order chi connectivity index (χ1) is 14.1. The Kier molecular flexibility index (Phi) is 5.46. The van der Waals surface area contributed by atoms with Crippen LogP contribution in [-0.4, -0.2) is 34.1 Å². The molecular formula is C20H19F2N5O2. The maximum Gasteiger partial charge on any atom is 0.316 e. The zero-order chi connectivity index (χ0) is 20.2. The summed E-state index contributed by atoms with van der Waals surface area (Å²) < 4.78 is 31.7. The molecule has 3 heterocycles. The Bertz CT molecular complexity index is 1020. The number of aromatic nitrogens is 3. The van der Waals surface area contributed by atoms with Gasteiger partial charge in [-0.1, -0.05) is 11.2 Å². The second kappa shape index (κ2) is 8.34. The summed E-state index contributed by atoms with van der Waals surface area (Å²) in [6, 6.07) is 6.76. The Labute approximate surface area is 165 Å². The number of nitrogens with zero attached hydrogens (tertiary/aromatic N) is 4. The van der Waals surface area contributed by atoms with Crippen LogP contribution in [-0.2, 0) is 6.54 Å². The third-order valence-corrected chi connectivity index (χ3v) is 4.76. The van der Waals surface area contributed by atoms with Crippen LogP contribution in [0, 0.1) is 11.6 Å². The molecule has 1 amide bonds. The Morgan fingerprint density at radius 2 is 1.97 bits per heavy atom. The van der Waals surface area contributed by atoms with Crippen LogP contribution in [0.5, 0.6) is 0 Å². The van der Waals surface area contributed by atoms with E-state index in [9.17, 15) is 13.6 Å². The lowest BCUT2D eigenvalue weighted by Gasteiger charge is -2.27.